The fourth-order valence-electron chi connectivity index (χ4n) is 0. The summed E-state index contributed by atoms with van der Waals surface area (Å²) in [6, 6.07) is 0. The molecule has 0 saturated carbocycles. The molecule has 0 aromatic rings. The third kappa shape index (κ3) is 555. The van der Waals surface area contributed by atoms with Crippen LogP contribution in [0.1, 0.15) is 0 Å². The molecule has 0 spiro atoms. The van der Waals surface area contributed by atoms with E-state index in [0.29, 0.717) is 0 Å². The zero-order valence-electron chi connectivity index (χ0n) is 4.17. The van der Waals surface area contributed by atoms with Crippen molar-refractivity contribution in [3.63, 3.8) is 0 Å². The van der Waals surface area contributed by atoms with Crippen molar-refractivity contribution in [2.75, 3.05) is 0 Å². The molecule has 3 nitrogen and oxygen atoms in total. The van der Waals surface area contributed by atoms with Gasteiger partial charge in [-0.25, -0.2) is 0 Å². The maximum atomic E-state index is 6.25. The minimum absolute atomic E-state index is 0. The van der Waals surface area contributed by atoms with Crippen molar-refractivity contribution in [2.45, 2.75) is 0 Å². The number of nitrogens with zero attached hydrogens (tertiary/aromatic N) is 3. The van der Waals surface area contributed by atoms with Crippen LogP contribution >= 0.6 is 0 Å². The Bertz CT molecular complexity index is 43.0. The Labute approximate surface area is 102 Å². The first-order valence-electron chi connectivity index (χ1n) is 0.671. The fourth-order valence-corrected chi connectivity index (χ4v) is 0. The largest absolute Gasteiger partial charge is 3.00 e. The monoisotopic (exact) mass is 176 g/mol. The SMILES string of the molecule is [C-]#N.[C-]#N.[C-]#N.[Co+3].[K]. The average Bonchev–Trinajstić information content (AvgIpc) is 1.81. The molecular formula is C3CoKN3. The van der Waals surface area contributed by atoms with Gasteiger partial charge in [0.05, 0.1) is 0 Å². The molecule has 0 saturated heterocycles. The summed E-state index contributed by atoms with van der Waals surface area (Å²) >= 11 is 0. The molecule has 0 aliphatic heterocycles. The van der Waals surface area contributed by atoms with E-state index in [-0.39, 0.29) is 68.2 Å². The van der Waals surface area contributed by atoms with E-state index in [1.807, 2.05) is 0 Å². The van der Waals surface area contributed by atoms with Crippen LogP contribution in [-0.4, -0.2) is 51.4 Å². The smallest absolute Gasteiger partial charge is 0.512 e. The average molecular weight is 176 g/mol. The molecule has 0 aromatic carbocycles. The Hall–Kier alpha value is 0.613. The van der Waals surface area contributed by atoms with Crippen LogP contribution in [0.5, 0.6) is 0 Å². The van der Waals surface area contributed by atoms with Crippen LogP contribution in [0.4, 0.5) is 0 Å². The third-order valence-corrected chi connectivity index (χ3v) is 0. The standard InChI is InChI=1S/3CN.Co.K/c3*1-2;;/q3*-1;+3;. The Morgan fingerprint density at radius 2 is 0.625 bits per heavy atom. The Kier molecular flexibility index (Phi) is 4240. The van der Waals surface area contributed by atoms with E-state index in [0.717, 1.165) is 0 Å². The van der Waals surface area contributed by atoms with Gasteiger partial charge in [0.25, 0.3) is 0 Å². The summed E-state index contributed by atoms with van der Waals surface area (Å²) in [5.74, 6) is 0. The van der Waals surface area contributed by atoms with Crippen LogP contribution < -0.4 is 0 Å². The predicted molar refractivity (Wildman–Crippen MR) is 20.7 cm³/mol. The topological polar surface area (TPSA) is 71.4 Å². The van der Waals surface area contributed by atoms with E-state index in [4.69, 9.17) is 35.5 Å². The quantitative estimate of drug-likeness (QED) is 0.382. The number of hydrogen-bond donors (Lipinski definition) is 0. The van der Waals surface area contributed by atoms with Crippen molar-refractivity contribution in [1.82, 2.24) is 0 Å². The summed E-state index contributed by atoms with van der Waals surface area (Å²) in [5.41, 5.74) is 0. The molecular weight excluding hydrogens is 176 g/mol. The van der Waals surface area contributed by atoms with E-state index in [1.165, 1.54) is 0 Å². The van der Waals surface area contributed by atoms with Gasteiger partial charge in [0.1, 0.15) is 0 Å². The Morgan fingerprint density at radius 1 is 0.625 bits per heavy atom. The molecule has 0 unspecified atom stereocenters. The van der Waals surface area contributed by atoms with Crippen LogP contribution in [0.25, 0.3) is 0 Å². The number of rotatable bonds is 0. The summed E-state index contributed by atoms with van der Waals surface area (Å²) in [6.45, 7) is 14.2. The number of hydrogen-bond acceptors (Lipinski definition) is 3. The van der Waals surface area contributed by atoms with Crippen molar-refractivity contribution in [3.05, 3.63) is 19.7 Å². The molecule has 5 heteroatoms. The predicted octanol–water partition coefficient (Wildman–Crippen LogP) is -0.0942. The van der Waals surface area contributed by atoms with Gasteiger partial charge in [-0.05, 0) is 0 Å². The molecule has 0 amide bonds. The summed E-state index contributed by atoms with van der Waals surface area (Å²) in [4.78, 5) is 0. The van der Waals surface area contributed by atoms with Crippen molar-refractivity contribution in [1.29, 1.82) is 15.8 Å². The second-order valence-electron chi connectivity index (χ2n) is 0. The van der Waals surface area contributed by atoms with Gasteiger partial charge in [-0.3, -0.25) is 0 Å². The first-order valence-corrected chi connectivity index (χ1v) is 0.671. The molecule has 0 atom stereocenters. The minimum Gasteiger partial charge on any atom is -0.512 e. The van der Waals surface area contributed by atoms with E-state index in [2.05, 4.69) is 0 Å². The van der Waals surface area contributed by atoms with Gasteiger partial charge in [0.15, 0.2) is 0 Å². The molecule has 0 aliphatic rings. The molecule has 8 heavy (non-hydrogen) atoms. The summed E-state index contributed by atoms with van der Waals surface area (Å²) in [7, 11) is 0. The normalized spacial score (nSPS) is 0.750. The maximum absolute atomic E-state index is 6.25. The van der Waals surface area contributed by atoms with Crippen LogP contribution in [0.3, 0.4) is 0 Å². The van der Waals surface area contributed by atoms with E-state index >= 15 is 0 Å². The maximum Gasteiger partial charge on any atom is 3.00 e. The van der Waals surface area contributed by atoms with Crippen molar-refractivity contribution < 1.29 is 16.8 Å². The molecule has 0 N–H and O–H groups in total. The van der Waals surface area contributed by atoms with Crippen molar-refractivity contribution in [2.24, 2.45) is 0 Å². The molecule has 0 heterocycles. The molecule has 0 fully saturated rings. The molecule has 0 aromatic heterocycles. The van der Waals surface area contributed by atoms with E-state index in [1.54, 1.807) is 0 Å². The molecule has 37 valence electrons. The van der Waals surface area contributed by atoms with Gasteiger partial charge in [-0.15, -0.1) is 0 Å². The molecule has 0 rings (SSSR count). The summed E-state index contributed by atoms with van der Waals surface area (Å²) < 4.78 is 0. The van der Waals surface area contributed by atoms with Crippen LogP contribution in [-0.2, 0) is 16.8 Å². The van der Waals surface area contributed by atoms with Gasteiger partial charge in [0, 0.05) is 51.4 Å². The van der Waals surface area contributed by atoms with Gasteiger partial charge >= 0.3 is 16.8 Å². The Morgan fingerprint density at radius 3 is 0.625 bits per heavy atom. The summed E-state index contributed by atoms with van der Waals surface area (Å²) in [5, 5.41) is 18.8. The molecule has 0 bridgehead atoms. The molecule has 1 radical (unpaired) electrons. The summed E-state index contributed by atoms with van der Waals surface area (Å²) in [6.07, 6.45) is 0. The van der Waals surface area contributed by atoms with Gasteiger partial charge in [-0.1, -0.05) is 0 Å². The van der Waals surface area contributed by atoms with Crippen LogP contribution in [0.15, 0.2) is 0 Å². The second-order valence-corrected chi connectivity index (χ2v) is 0. The Balaban J connectivity index is -0.00000000500. The van der Waals surface area contributed by atoms with Crippen molar-refractivity contribution in [3.8, 4) is 0 Å². The zero-order chi connectivity index (χ0) is 6.00. The first-order chi connectivity index (χ1) is 3.00. The van der Waals surface area contributed by atoms with Gasteiger partial charge in [-0.2, -0.15) is 0 Å². The minimum atomic E-state index is 0. The van der Waals surface area contributed by atoms with Gasteiger partial charge < -0.3 is 35.5 Å². The van der Waals surface area contributed by atoms with Crippen LogP contribution in [0.2, 0.25) is 0 Å². The third-order valence-electron chi connectivity index (χ3n) is 0. The fraction of sp³-hybridized carbons (Fsp3) is 0. The van der Waals surface area contributed by atoms with E-state index in [9.17, 15) is 0 Å². The van der Waals surface area contributed by atoms with Crippen LogP contribution in [0, 0.1) is 35.5 Å². The first kappa shape index (κ1) is 38.2. The zero-order valence-corrected chi connectivity index (χ0v) is 8.34. The van der Waals surface area contributed by atoms with Crippen molar-refractivity contribution >= 4 is 51.4 Å². The second kappa shape index (κ2) is 886. The molecule has 0 aliphatic carbocycles. The van der Waals surface area contributed by atoms with E-state index < -0.39 is 0 Å². The van der Waals surface area contributed by atoms with Gasteiger partial charge in [0.2, 0.25) is 0 Å².